The smallest absolute Gasteiger partial charge is 0.183 e. The van der Waals surface area contributed by atoms with E-state index in [4.69, 9.17) is 14.2 Å². The molecule has 1 saturated heterocycles. The summed E-state index contributed by atoms with van der Waals surface area (Å²) in [7, 11) is 0. The zero-order valence-corrected chi connectivity index (χ0v) is 13.6. The molecular formula is C17H26NO3+. The van der Waals surface area contributed by atoms with Crippen molar-refractivity contribution >= 4 is 5.69 Å². The first-order valence-corrected chi connectivity index (χ1v) is 7.44. The van der Waals surface area contributed by atoms with Gasteiger partial charge in [-0.15, -0.1) is 0 Å². The van der Waals surface area contributed by atoms with E-state index in [1.807, 2.05) is 48.8 Å². The van der Waals surface area contributed by atoms with Gasteiger partial charge < -0.3 is 14.2 Å². The van der Waals surface area contributed by atoms with Crippen LogP contribution in [0.15, 0.2) is 36.5 Å². The minimum atomic E-state index is -0.297. The molecule has 21 heavy (non-hydrogen) atoms. The van der Waals surface area contributed by atoms with Crippen LogP contribution in [0.2, 0.25) is 0 Å². The fourth-order valence-corrected chi connectivity index (χ4v) is 2.07. The van der Waals surface area contributed by atoms with Gasteiger partial charge in [-0.05, 0) is 46.8 Å². The Bertz CT molecular complexity index is 475. The van der Waals surface area contributed by atoms with Crippen molar-refractivity contribution in [3.63, 3.8) is 0 Å². The Morgan fingerprint density at radius 2 is 1.67 bits per heavy atom. The van der Waals surface area contributed by atoms with Gasteiger partial charge in [0.05, 0.1) is 24.0 Å². The van der Waals surface area contributed by atoms with Crippen LogP contribution in [0.5, 0.6) is 5.75 Å². The van der Waals surface area contributed by atoms with Gasteiger partial charge in [0.1, 0.15) is 11.4 Å². The van der Waals surface area contributed by atoms with Gasteiger partial charge in [-0.3, -0.25) is 5.32 Å². The molecule has 0 radical (unpaired) electrons. The normalized spacial score (nSPS) is 21.0. The maximum atomic E-state index is 5.90. The highest BCUT2D eigenvalue weighted by Crippen LogP contribution is 2.38. The van der Waals surface area contributed by atoms with Crippen LogP contribution in [0.1, 0.15) is 34.6 Å². The van der Waals surface area contributed by atoms with Crippen molar-refractivity contribution in [2.75, 3.05) is 6.61 Å². The van der Waals surface area contributed by atoms with Crippen molar-refractivity contribution < 1.29 is 19.5 Å². The molecule has 0 aliphatic carbocycles. The van der Waals surface area contributed by atoms with Gasteiger partial charge in [-0.2, -0.15) is 0 Å². The molecule has 0 spiro atoms. The summed E-state index contributed by atoms with van der Waals surface area (Å²) in [5.41, 5.74) is 0.536. The summed E-state index contributed by atoms with van der Waals surface area (Å²) in [6, 6.07) is 8.00. The molecule has 1 aromatic rings. The number of ether oxygens (including phenoxy) is 3. The van der Waals surface area contributed by atoms with E-state index in [-0.39, 0.29) is 17.5 Å². The average Bonchev–Trinajstić information content (AvgIpc) is 2.60. The molecule has 4 heteroatoms. The van der Waals surface area contributed by atoms with Crippen molar-refractivity contribution in [1.29, 1.82) is 0 Å². The largest absolute Gasteiger partial charge is 0.494 e. The topological polar surface area (TPSA) is 44.3 Å². The number of rotatable bonds is 5. The second-order valence-corrected chi connectivity index (χ2v) is 6.18. The third kappa shape index (κ3) is 3.84. The van der Waals surface area contributed by atoms with Gasteiger partial charge in [0.25, 0.3) is 0 Å². The van der Waals surface area contributed by atoms with Crippen LogP contribution in [0.25, 0.3) is 0 Å². The SMILES string of the molecule is CCOc1ccc([NH2+]C=CC2OC(C)(C)C(C)(C)O2)cc1. The Hall–Kier alpha value is -1.36. The van der Waals surface area contributed by atoms with E-state index in [1.165, 1.54) is 0 Å². The molecule has 1 aromatic carbocycles. The molecule has 2 N–H and O–H groups in total. The van der Waals surface area contributed by atoms with Gasteiger partial charge >= 0.3 is 0 Å². The summed E-state index contributed by atoms with van der Waals surface area (Å²) in [4.78, 5) is 0. The Balaban J connectivity index is 1.89. The summed E-state index contributed by atoms with van der Waals surface area (Å²) in [5.74, 6) is 0.893. The second kappa shape index (κ2) is 6.18. The zero-order chi connectivity index (χ0) is 15.5. The van der Waals surface area contributed by atoms with Gasteiger partial charge in [-0.1, -0.05) is 0 Å². The molecule has 0 atom stereocenters. The highest BCUT2D eigenvalue weighted by atomic mass is 16.7. The monoisotopic (exact) mass is 292 g/mol. The van der Waals surface area contributed by atoms with Gasteiger partial charge in [0.15, 0.2) is 6.29 Å². The molecular weight excluding hydrogens is 266 g/mol. The standard InChI is InChI=1S/C17H25NO3/c1-6-19-14-9-7-13(8-10-14)18-12-11-15-20-16(2,3)17(4,5)21-15/h7-12,15,18H,6H2,1-5H3/p+1. The number of quaternary nitrogens is 1. The zero-order valence-electron chi connectivity index (χ0n) is 13.6. The molecule has 0 bridgehead atoms. The third-order valence-corrected chi connectivity index (χ3v) is 4.02. The first kappa shape index (κ1) is 16.0. The van der Waals surface area contributed by atoms with E-state index in [9.17, 15) is 0 Å². The van der Waals surface area contributed by atoms with Crippen LogP contribution in [-0.4, -0.2) is 24.1 Å². The van der Waals surface area contributed by atoms with E-state index in [0.29, 0.717) is 6.61 Å². The molecule has 0 unspecified atom stereocenters. The lowest BCUT2D eigenvalue weighted by atomic mass is 9.90. The Morgan fingerprint density at radius 1 is 1.10 bits per heavy atom. The molecule has 2 rings (SSSR count). The van der Waals surface area contributed by atoms with Crippen molar-refractivity contribution in [1.82, 2.24) is 0 Å². The van der Waals surface area contributed by atoms with Crippen molar-refractivity contribution in [3.8, 4) is 5.75 Å². The lowest BCUT2D eigenvalue weighted by Crippen LogP contribution is -2.71. The fraction of sp³-hybridized carbons (Fsp3) is 0.529. The Labute approximate surface area is 127 Å². The first-order valence-electron chi connectivity index (χ1n) is 7.44. The van der Waals surface area contributed by atoms with E-state index in [1.54, 1.807) is 0 Å². The molecule has 0 saturated carbocycles. The van der Waals surface area contributed by atoms with Gasteiger partial charge in [-0.25, -0.2) is 0 Å². The van der Waals surface area contributed by atoms with Crippen LogP contribution >= 0.6 is 0 Å². The molecule has 4 nitrogen and oxygen atoms in total. The van der Waals surface area contributed by atoms with E-state index >= 15 is 0 Å². The van der Waals surface area contributed by atoms with Crippen LogP contribution in [0.4, 0.5) is 5.69 Å². The Kier molecular flexibility index (Phi) is 4.71. The maximum absolute atomic E-state index is 5.90. The lowest BCUT2D eigenvalue weighted by molar-refractivity contribution is -0.497. The van der Waals surface area contributed by atoms with Gasteiger partial charge in [0, 0.05) is 18.2 Å². The van der Waals surface area contributed by atoms with Crippen LogP contribution in [0, 0.1) is 0 Å². The molecule has 1 heterocycles. The molecule has 0 aromatic heterocycles. The summed E-state index contributed by atoms with van der Waals surface area (Å²) < 4.78 is 17.2. The first-order chi connectivity index (χ1) is 9.84. The van der Waals surface area contributed by atoms with Crippen molar-refractivity contribution in [2.24, 2.45) is 0 Å². The van der Waals surface area contributed by atoms with E-state index in [2.05, 4.69) is 27.7 Å². The summed E-state index contributed by atoms with van der Waals surface area (Å²) in [5, 5.41) is 2.03. The number of hydrogen-bond acceptors (Lipinski definition) is 3. The summed E-state index contributed by atoms with van der Waals surface area (Å²) >= 11 is 0. The fourth-order valence-electron chi connectivity index (χ4n) is 2.07. The minimum Gasteiger partial charge on any atom is -0.494 e. The summed E-state index contributed by atoms with van der Waals surface area (Å²) in [6.07, 6.45) is 3.61. The molecule has 0 amide bonds. The van der Waals surface area contributed by atoms with Crippen molar-refractivity contribution in [3.05, 3.63) is 36.5 Å². The molecule has 1 aliphatic heterocycles. The molecule has 1 aliphatic rings. The molecule has 116 valence electrons. The number of benzene rings is 1. The van der Waals surface area contributed by atoms with E-state index < -0.39 is 0 Å². The van der Waals surface area contributed by atoms with E-state index in [0.717, 1.165) is 11.4 Å². The molecule has 1 fully saturated rings. The quantitative estimate of drug-likeness (QED) is 0.849. The average molecular weight is 292 g/mol. The third-order valence-electron chi connectivity index (χ3n) is 4.02. The second-order valence-electron chi connectivity index (χ2n) is 6.18. The van der Waals surface area contributed by atoms with Crippen LogP contribution < -0.4 is 10.1 Å². The minimum absolute atomic E-state index is 0.291. The highest BCUT2D eigenvalue weighted by molar-refractivity contribution is 5.35. The predicted molar refractivity (Wildman–Crippen MR) is 82.5 cm³/mol. The maximum Gasteiger partial charge on any atom is 0.183 e. The van der Waals surface area contributed by atoms with Crippen molar-refractivity contribution in [2.45, 2.75) is 52.1 Å². The van der Waals surface area contributed by atoms with Crippen LogP contribution in [0.3, 0.4) is 0 Å². The number of hydrogen-bond donors (Lipinski definition) is 1. The Morgan fingerprint density at radius 3 is 2.19 bits per heavy atom. The lowest BCUT2D eigenvalue weighted by Gasteiger charge is -2.30. The number of nitrogens with two attached hydrogens (primary N) is 1. The highest BCUT2D eigenvalue weighted by Gasteiger charge is 2.48. The summed E-state index contributed by atoms with van der Waals surface area (Å²) in [6.45, 7) is 10.9. The predicted octanol–water partition coefficient (Wildman–Crippen LogP) is 2.72. The van der Waals surface area contributed by atoms with Gasteiger partial charge in [0.2, 0.25) is 0 Å². The van der Waals surface area contributed by atoms with Crippen LogP contribution in [-0.2, 0) is 9.47 Å².